The standard InChI is InChI=1S/C18H14I2N6/c19-8-12-3-1-5-14(7-12)24-18-15(10-21)17(25-26-18)23-11-13-4-2-6-22-16(13)9-20/h1-7,11H,8-9H2,(H2,24,25,26). The van der Waals surface area contributed by atoms with Gasteiger partial charge in [0.1, 0.15) is 17.5 Å². The normalized spacial score (nSPS) is 10.8. The van der Waals surface area contributed by atoms with Crippen LogP contribution in [0.25, 0.3) is 0 Å². The van der Waals surface area contributed by atoms with Crippen LogP contribution in [0.2, 0.25) is 0 Å². The predicted octanol–water partition coefficient (Wildman–Crippen LogP) is 5.04. The molecule has 130 valence electrons. The van der Waals surface area contributed by atoms with Crippen LogP contribution in [-0.4, -0.2) is 21.4 Å². The Labute approximate surface area is 178 Å². The molecule has 0 atom stereocenters. The monoisotopic (exact) mass is 568 g/mol. The van der Waals surface area contributed by atoms with Gasteiger partial charge in [-0.25, -0.2) is 4.99 Å². The van der Waals surface area contributed by atoms with Crippen molar-refractivity contribution in [3.63, 3.8) is 0 Å². The smallest absolute Gasteiger partial charge is 0.193 e. The summed E-state index contributed by atoms with van der Waals surface area (Å²) >= 11 is 4.58. The number of aromatic amines is 1. The fourth-order valence-corrected chi connectivity index (χ4v) is 3.42. The Balaban J connectivity index is 1.86. The number of nitriles is 1. The van der Waals surface area contributed by atoms with Crippen LogP contribution in [-0.2, 0) is 8.86 Å². The van der Waals surface area contributed by atoms with Crippen LogP contribution >= 0.6 is 45.2 Å². The average Bonchev–Trinajstić information content (AvgIpc) is 3.08. The molecule has 1 aromatic carbocycles. The summed E-state index contributed by atoms with van der Waals surface area (Å²) in [6.07, 6.45) is 3.45. The average molecular weight is 568 g/mol. The van der Waals surface area contributed by atoms with Gasteiger partial charge in [0.2, 0.25) is 0 Å². The molecule has 0 unspecified atom stereocenters. The highest BCUT2D eigenvalue weighted by atomic mass is 127. The van der Waals surface area contributed by atoms with Crippen molar-refractivity contribution < 1.29 is 0 Å². The molecule has 0 bridgehead atoms. The third-order valence-corrected chi connectivity index (χ3v) is 5.19. The summed E-state index contributed by atoms with van der Waals surface area (Å²) in [6.45, 7) is 0. The van der Waals surface area contributed by atoms with Crippen LogP contribution in [0.3, 0.4) is 0 Å². The van der Waals surface area contributed by atoms with Crippen molar-refractivity contribution >= 4 is 68.7 Å². The highest BCUT2D eigenvalue weighted by Gasteiger charge is 2.12. The van der Waals surface area contributed by atoms with Crippen molar-refractivity contribution in [1.29, 1.82) is 5.26 Å². The second kappa shape index (κ2) is 9.09. The second-order valence-corrected chi connectivity index (χ2v) is 6.82. The number of H-pyrrole nitrogens is 1. The van der Waals surface area contributed by atoms with Gasteiger partial charge in [0, 0.05) is 32.5 Å². The number of anilines is 2. The maximum absolute atomic E-state index is 9.53. The fraction of sp³-hybridized carbons (Fsp3) is 0.111. The van der Waals surface area contributed by atoms with E-state index in [2.05, 4.69) is 82.8 Å². The molecular weight excluding hydrogens is 554 g/mol. The van der Waals surface area contributed by atoms with Crippen LogP contribution in [0.4, 0.5) is 17.3 Å². The Bertz CT molecular complexity index is 974. The number of aromatic nitrogens is 3. The highest BCUT2D eigenvalue weighted by Crippen LogP contribution is 2.26. The molecule has 0 aliphatic carbocycles. The molecule has 8 heteroatoms. The summed E-state index contributed by atoms with van der Waals surface area (Å²) < 4.78 is 1.70. The summed E-state index contributed by atoms with van der Waals surface area (Å²) in [5.74, 6) is 0.883. The van der Waals surface area contributed by atoms with Crippen LogP contribution in [0, 0.1) is 11.3 Å². The molecular formula is C18H14I2N6. The van der Waals surface area contributed by atoms with Gasteiger partial charge in [-0.05, 0) is 23.8 Å². The van der Waals surface area contributed by atoms with Gasteiger partial charge in [-0.3, -0.25) is 10.1 Å². The minimum atomic E-state index is 0.350. The van der Waals surface area contributed by atoms with Crippen molar-refractivity contribution in [2.45, 2.75) is 8.86 Å². The van der Waals surface area contributed by atoms with Gasteiger partial charge in [-0.2, -0.15) is 10.4 Å². The summed E-state index contributed by atoms with van der Waals surface area (Å²) in [7, 11) is 0. The maximum atomic E-state index is 9.53. The molecule has 0 radical (unpaired) electrons. The number of aliphatic imine (C=N–C) groups is 1. The van der Waals surface area contributed by atoms with Gasteiger partial charge in [0.05, 0.1) is 5.69 Å². The van der Waals surface area contributed by atoms with Crippen LogP contribution in [0.5, 0.6) is 0 Å². The minimum Gasteiger partial charge on any atom is -0.339 e. The Morgan fingerprint density at radius 1 is 1.23 bits per heavy atom. The molecule has 3 rings (SSSR count). The van der Waals surface area contributed by atoms with E-state index in [1.165, 1.54) is 5.56 Å². The van der Waals surface area contributed by atoms with E-state index in [1.807, 2.05) is 30.3 Å². The highest BCUT2D eigenvalue weighted by molar-refractivity contribution is 14.1. The number of hydrogen-bond acceptors (Lipinski definition) is 5. The third kappa shape index (κ3) is 4.39. The molecule has 6 nitrogen and oxygen atoms in total. The molecule has 0 aliphatic heterocycles. The molecule has 2 heterocycles. The van der Waals surface area contributed by atoms with E-state index < -0.39 is 0 Å². The molecule has 2 N–H and O–H groups in total. The summed E-state index contributed by atoms with van der Waals surface area (Å²) in [5.41, 5.74) is 4.34. The Hall–Kier alpha value is -2.00. The van der Waals surface area contributed by atoms with Crippen molar-refractivity contribution in [2.75, 3.05) is 5.32 Å². The molecule has 0 saturated carbocycles. The lowest BCUT2D eigenvalue weighted by Crippen LogP contribution is -1.94. The zero-order chi connectivity index (χ0) is 18.4. The van der Waals surface area contributed by atoms with Gasteiger partial charge in [0.25, 0.3) is 0 Å². The fourth-order valence-electron chi connectivity index (χ4n) is 2.31. The van der Waals surface area contributed by atoms with Gasteiger partial charge in [-0.1, -0.05) is 63.4 Å². The van der Waals surface area contributed by atoms with Crippen molar-refractivity contribution in [2.24, 2.45) is 4.99 Å². The SMILES string of the molecule is N#Cc1c(N=Cc2cccnc2CI)n[nH]c1Nc1cccc(CI)c1. The van der Waals surface area contributed by atoms with Crippen LogP contribution in [0.15, 0.2) is 47.6 Å². The first-order chi connectivity index (χ1) is 12.7. The van der Waals surface area contributed by atoms with Gasteiger partial charge < -0.3 is 5.32 Å². The molecule has 0 spiro atoms. The first kappa shape index (κ1) is 18.8. The Morgan fingerprint density at radius 3 is 2.88 bits per heavy atom. The van der Waals surface area contributed by atoms with Crippen molar-refractivity contribution in [3.05, 3.63) is 65.0 Å². The van der Waals surface area contributed by atoms with E-state index in [0.717, 1.165) is 25.8 Å². The summed E-state index contributed by atoms with van der Waals surface area (Å²) in [5, 5.41) is 19.8. The van der Waals surface area contributed by atoms with E-state index in [4.69, 9.17) is 0 Å². The lowest BCUT2D eigenvalue weighted by atomic mass is 10.2. The lowest BCUT2D eigenvalue weighted by molar-refractivity contribution is 1.08. The summed E-state index contributed by atoms with van der Waals surface area (Å²) in [6, 6.07) is 14.0. The number of pyridine rings is 1. The summed E-state index contributed by atoms with van der Waals surface area (Å²) in [4.78, 5) is 8.70. The van der Waals surface area contributed by atoms with Gasteiger partial charge in [-0.15, -0.1) is 0 Å². The second-order valence-electron chi connectivity index (χ2n) is 5.30. The largest absolute Gasteiger partial charge is 0.339 e. The van der Waals surface area contributed by atoms with E-state index in [9.17, 15) is 5.26 Å². The minimum absolute atomic E-state index is 0.350. The number of nitrogens with one attached hydrogen (secondary N) is 2. The molecule has 26 heavy (non-hydrogen) atoms. The van der Waals surface area contributed by atoms with E-state index in [0.29, 0.717) is 17.2 Å². The molecule has 3 aromatic rings. The number of nitrogens with zero attached hydrogens (tertiary/aromatic N) is 4. The number of rotatable bonds is 6. The number of halogens is 2. The van der Waals surface area contributed by atoms with Gasteiger partial charge >= 0.3 is 0 Å². The number of benzene rings is 1. The topological polar surface area (TPSA) is 89.8 Å². The van der Waals surface area contributed by atoms with E-state index in [1.54, 1.807) is 12.4 Å². The van der Waals surface area contributed by atoms with Gasteiger partial charge in [0.15, 0.2) is 5.82 Å². The lowest BCUT2D eigenvalue weighted by Gasteiger charge is -2.05. The number of hydrogen-bond donors (Lipinski definition) is 2. The molecule has 2 aromatic heterocycles. The van der Waals surface area contributed by atoms with Crippen molar-refractivity contribution in [1.82, 2.24) is 15.2 Å². The molecule has 0 amide bonds. The van der Waals surface area contributed by atoms with Crippen LogP contribution in [0.1, 0.15) is 22.4 Å². The zero-order valence-electron chi connectivity index (χ0n) is 13.6. The Kier molecular flexibility index (Phi) is 6.56. The van der Waals surface area contributed by atoms with E-state index >= 15 is 0 Å². The first-order valence-electron chi connectivity index (χ1n) is 7.69. The molecule has 0 fully saturated rings. The quantitative estimate of drug-likeness (QED) is 0.248. The number of alkyl halides is 2. The van der Waals surface area contributed by atoms with Crippen molar-refractivity contribution in [3.8, 4) is 6.07 Å². The maximum Gasteiger partial charge on any atom is 0.193 e. The molecule has 0 aliphatic rings. The Morgan fingerprint density at radius 2 is 2.12 bits per heavy atom. The molecule has 0 saturated heterocycles. The predicted molar refractivity (Wildman–Crippen MR) is 120 cm³/mol. The van der Waals surface area contributed by atoms with E-state index in [-0.39, 0.29) is 0 Å². The van der Waals surface area contributed by atoms with Crippen LogP contribution < -0.4 is 5.32 Å². The third-order valence-electron chi connectivity index (χ3n) is 3.59. The zero-order valence-corrected chi connectivity index (χ0v) is 17.9. The first-order valence-corrected chi connectivity index (χ1v) is 10.7.